The minimum atomic E-state index is 0.428. The Labute approximate surface area is 245 Å². The maximum Gasteiger partial charge on any atom is 0.194 e. The van der Waals surface area contributed by atoms with Crippen LogP contribution in [0.4, 0.5) is 38.5 Å². The third-order valence-corrected chi connectivity index (χ3v) is 3.59. The van der Waals surface area contributed by atoms with Crippen LogP contribution in [0.1, 0.15) is 38.8 Å². The van der Waals surface area contributed by atoms with Gasteiger partial charge in [0.25, 0.3) is 0 Å². The Hall–Kier alpha value is -5.20. The van der Waals surface area contributed by atoms with Gasteiger partial charge in [0.1, 0.15) is 23.6 Å². The number of nitriles is 2. The second kappa shape index (κ2) is 45.7. The van der Waals surface area contributed by atoms with Gasteiger partial charge < -0.3 is 9.47 Å². The van der Waals surface area contributed by atoms with E-state index >= 15 is 0 Å². The summed E-state index contributed by atoms with van der Waals surface area (Å²) in [4.78, 5) is 6.36. The summed E-state index contributed by atoms with van der Waals surface area (Å²) >= 11 is 0. The van der Waals surface area contributed by atoms with Crippen molar-refractivity contribution in [2.45, 2.75) is 27.7 Å². The van der Waals surface area contributed by atoms with Crippen molar-refractivity contribution in [2.75, 3.05) is 28.6 Å². The van der Waals surface area contributed by atoms with Crippen LogP contribution in [-0.2, 0) is 0 Å². The van der Waals surface area contributed by atoms with Crippen LogP contribution in [0.5, 0.6) is 11.5 Å². The number of ether oxygens (including phenoxy) is 2. The molecular formula is C30H36F6N4O2. The number of alkyl halides is 2. The van der Waals surface area contributed by atoms with Gasteiger partial charge in [-0.15, -0.1) is 0 Å². The molecule has 0 aromatic heterocycles. The molecule has 0 saturated carbocycles. The van der Waals surface area contributed by atoms with Crippen molar-refractivity contribution in [3.63, 3.8) is 0 Å². The Kier molecular flexibility index (Phi) is 54.1. The van der Waals surface area contributed by atoms with E-state index in [0.29, 0.717) is 36.9 Å². The van der Waals surface area contributed by atoms with Crippen molar-refractivity contribution in [2.24, 2.45) is 0 Å². The minimum Gasteiger partial charge on any atom is -0.497 e. The highest BCUT2D eigenvalue weighted by Gasteiger charge is 1.97. The van der Waals surface area contributed by atoms with Gasteiger partial charge in [-0.05, 0) is 36.4 Å². The summed E-state index contributed by atoms with van der Waals surface area (Å²) in [7, 11) is 4.28. The van der Waals surface area contributed by atoms with E-state index in [0.717, 1.165) is 11.5 Å². The van der Waals surface area contributed by atoms with Crippen LogP contribution in [-0.4, -0.2) is 28.6 Å². The normalized spacial score (nSPS) is 6.71. The summed E-state index contributed by atoms with van der Waals surface area (Å²) in [5.74, 6) is 1.70. The quantitative estimate of drug-likeness (QED) is 0.217. The molecule has 0 aliphatic carbocycles. The lowest BCUT2D eigenvalue weighted by Crippen LogP contribution is -1.83. The van der Waals surface area contributed by atoms with Crippen LogP contribution >= 0.6 is 0 Å². The molecule has 0 spiro atoms. The first-order valence-electron chi connectivity index (χ1n) is 11.6. The third-order valence-electron chi connectivity index (χ3n) is 3.59. The van der Waals surface area contributed by atoms with Gasteiger partial charge in [-0.3, -0.25) is 18.5 Å². The lowest BCUT2D eigenvalue weighted by atomic mass is 10.1. The number of nitrogens with zero attached hydrogens (tertiary/aromatic N) is 4. The summed E-state index contributed by atoms with van der Waals surface area (Å²) in [6.07, 6.45) is 0. The molecule has 0 fully saturated rings. The number of benzene rings is 3. The Bertz CT molecular complexity index is 982. The Morgan fingerprint density at radius 1 is 0.548 bits per heavy atom. The molecule has 0 atom stereocenters. The van der Waals surface area contributed by atoms with Crippen LogP contribution in [0.15, 0.2) is 72.8 Å². The zero-order chi connectivity index (χ0) is 34.2. The smallest absolute Gasteiger partial charge is 0.194 e. The molecule has 0 aliphatic heterocycles. The fraction of sp³-hybridized carbons (Fsp3) is 0.267. The minimum absolute atomic E-state index is 0.428. The molecule has 0 heterocycles. The zero-order valence-electron chi connectivity index (χ0n) is 24.8. The first-order chi connectivity index (χ1) is 20.6. The molecule has 0 aliphatic rings. The molecule has 0 amide bonds. The van der Waals surface area contributed by atoms with Crippen molar-refractivity contribution in [3.8, 4) is 23.6 Å². The number of hydrogen-bond donors (Lipinski definition) is 0. The van der Waals surface area contributed by atoms with E-state index in [-0.39, 0.29) is 0 Å². The average molecular weight is 599 g/mol. The van der Waals surface area contributed by atoms with E-state index in [1.807, 2.05) is 64.1 Å². The lowest BCUT2D eigenvalue weighted by Gasteiger charge is -2.00. The molecular weight excluding hydrogens is 562 g/mol. The SMILES string of the molecule is CC.CC.CF.CF.COc1ccc(OC)cc1.FF.FF.N#Cc1ccccc1C#N.[C-]#[N+]c1ccccc1[N+]#[C-]. The molecule has 0 radical (unpaired) electrons. The van der Waals surface area contributed by atoms with E-state index in [1.165, 1.54) is 0 Å². The van der Waals surface area contributed by atoms with Gasteiger partial charge in [-0.25, -0.2) is 0 Å². The number of para-hydroxylation sites is 2. The molecule has 0 saturated heterocycles. The summed E-state index contributed by atoms with van der Waals surface area (Å²) in [5.41, 5.74) is 1.73. The number of halogens is 6. The van der Waals surface area contributed by atoms with Crippen molar-refractivity contribution < 1.29 is 36.6 Å². The molecule has 0 unspecified atom stereocenters. The van der Waals surface area contributed by atoms with Gasteiger partial charge in [0.05, 0.1) is 52.8 Å². The maximum atomic E-state index is 9.50. The third kappa shape index (κ3) is 26.4. The zero-order valence-corrected chi connectivity index (χ0v) is 24.8. The van der Waals surface area contributed by atoms with Gasteiger partial charge in [0.15, 0.2) is 11.4 Å². The molecule has 12 heteroatoms. The predicted molar refractivity (Wildman–Crippen MR) is 156 cm³/mol. The summed E-state index contributed by atoms with van der Waals surface area (Å²) in [6.45, 7) is 21.3. The monoisotopic (exact) mass is 598 g/mol. The summed E-state index contributed by atoms with van der Waals surface area (Å²) < 4.78 is 60.9. The molecule has 3 rings (SSSR count). The van der Waals surface area contributed by atoms with Crippen molar-refractivity contribution >= 4 is 11.4 Å². The van der Waals surface area contributed by atoms with Crippen LogP contribution in [0, 0.1) is 35.8 Å². The van der Waals surface area contributed by atoms with E-state index in [9.17, 15) is 8.78 Å². The van der Waals surface area contributed by atoms with E-state index < -0.39 is 0 Å². The molecule has 42 heavy (non-hydrogen) atoms. The van der Waals surface area contributed by atoms with E-state index in [2.05, 4.69) is 9.69 Å². The van der Waals surface area contributed by atoms with Gasteiger partial charge >= 0.3 is 0 Å². The lowest BCUT2D eigenvalue weighted by molar-refractivity contribution is 0.108. The summed E-state index contributed by atoms with van der Waals surface area (Å²) in [5, 5.41) is 16.9. The van der Waals surface area contributed by atoms with Crippen LogP contribution < -0.4 is 9.47 Å². The number of hydrogen-bond acceptors (Lipinski definition) is 4. The van der Waals surface area contributed by atoms with Crippen molar-refractivity contribution in [1.29, 1.82) is 10.5 Å². The Balaban J connectivity index is -0.0000000979. The van der Waals surface area contributed by atoms with Crippen molar-refractivity contribution in [3.05, 3.63) is 107 Å². The van der Waals surface area contributed by atoms with E-state index in [1.54, 1.807) is 62.8 Å². The van der Waals surface area contributed by atoms with Crippen molar-refractivity contribution in [1.82, 2.24) is 0 Å². The molecule has 230 valence electrons. The average Bonchev–Trinajstić information content (AvgIpc) is 3.13. The summed E-state index contributed by atoms with van der Waals surface area (Å²) in [6, 6.07) is 24.8. The van der Waals surface area contributed by atoms with Crippen LogP contribution in [0.2, 0.25) is 0 Å². The standard InChI is InChI=1S/2C8H4N2.C8H10O2.2C2H6.2CH3F.2F2/c1-9-7-5-3-4-6-8(7)10-2;9-5-7-3-1-2-4-8(7)6-10;1-9-7-3-5-8(10-2)6-4-7;6*1-2/h3-6H;1-4H;3-6H,1-2H3;2*1-2H3;2*1H3;;. The van der Waals surface area contributed by atoms with Gasteiger partial charge in [0.2, 0.25) is 0 Å². The Morgan fingerprint density at radius 3 is 0.976 bits per heavy atom. The highest BCUT2D eigenvalue weighted by atomic mass is 20.0. The molecule has 3 aromatic rings. The second-order valence-electron chi connectivity index (χ2n) is 5.36. The van der Waals surface area contributed by atoms with E-state index in [4.69, 9.17) is 51.4 Å². The van der Waals surface area contributed by atoms with Crippen LogP contribution in [0.25, 0.3) is 9.69 Å². The molecule has 0 bridgehead atoms. The fourth-order valence-electron chi connectivity index (χ4n) is 2.04. The molecule has 6 nitrogen and oxygen atoms in total. The maximum absolute atomic E-state index is 9.50. The first kappa shape index (κ1) is 49.7. The Morgan fingerprint density at radius 2 is 0.786 bits per heavy atom. The fourth-order valence-corrected chi connectivity index (χ4v) is 2.04. The van der Waals surface area contributed by atoms with Gasteiger partial charge in [-0.2, -0.15) is 10.5 Å². The molecule has 3 aromatic carbocycles. The number of rotatable bonds is 2. The van der Waals surface area contributed by atoms with Crippen LogP contribution in [0.3, 0.4) is 0 Å². The predicted octanol–water partition coefficient (Wildman–Crippen LogP) is 10.8. The van der Waals surface area contributed by atoms with Gasteiger partial charge in [-0.1, -0.05) is 64.1 Å². The highest BCUT2D eigenvalue weighted by molar-refractivity contribution is 5.69. The second-order valence-corrected chi connectivity index (χ2v) is 5.36. The highest BCUT2D eigenvalue weighted by Crippen LogP contribution is 2.26. The first-order valence-corrected chi connectivity index (χ1v) is 11.6. The number of methoxy groups -OCH3 is 2. The largest absolute Gasteiger partial charge is 0.497 e. The topological polar surface area (TPSA) is 74.8 Å². The molecule has 0 N–H and O–H groups in total. The van der Waals surface area contributed by atoms with Gasteiger partial charge in [0, 0.05) is 18.3 Å².